The number of methoxy groups -OCH3 is 1. The minimum Gasteiger partial charge on any atom is -0.481 e. The zero-order valence-corrected chi connectivity index (χ0v) is 6.44. The van der Waals surface area contributed by atoms with Gasteiger partial charge in [0.25, 0.3) is 5.78 Å². The Morgan fingerprint density at radius 1 is 1.67 bits per heavy atom. The van der Waals surface area contributed by atoms with Crippen molar-refractivity contribution in [1.82, 2.24) is 9.97 Å². The number of nitrogens with zero attached hydrogens (tertiary/aromatic N) is 2. The van der Waals surface area contributed by atoms with Gasteiger partial charge in [-0.25, -0.2) is 9.97 Å². The summed E-state index contributed by atoms with van der Waals surface area (Å²) < 4.78 is 4.78. The van der Waals surface area contributed by atoms with Crippen molar-refractivity contribution in [3.8, 4) is 18.2 Å². The molecule has 0 bridgehead atoms. The smallest absolute Gasteiger partial charge is 0.254 e. The van der Waals surface area contributed by atoms with Crippen LogP contribution in [0.2, 0.25) is 0 Å². The molecule has 0 N–H and O–H groups in total. The number of terminal acetylenes is 1. The lowest BCUT2D eigenvalue weighted by atomic mass is 10.3. The Morgan fingerprint density at radius 3 is 3.00 bits per heavy atom. The van der Waals surface area contributed by atoms with Crippen LogP contribution in [0, 0.1) is 12.3 Å². The van der Waals surface area contributed by atoms with Crippen LogP contribution in [0.5, 0.6) is 5.88 Å². The largest absolute Gasteiger partial charge is 0.481 e. The molecule has 0 unspecified atom stereocenters. The minimum atomic E-state index is -0.476. The summed E-state index contributed by atoms with van der Waals surface area (Å²) in [6, 6.07) is 1.39. The van der Waals surface area contributed by atoms with Gasteiger partial charge in [-0.3, -0.25) is 4.79 Å². The molecule has 0 saturated heterocycles. The number of hydrogen-bond acceptors (Lipinski definition) is 4. The van der Waals surface area contributed by atoms with Crippen LogP contribution in [0.4, 0.5) is 0 Å². The number of hydrogen-bond donors (Lipinski definition) is 0. The Balaban J connectivity index is 3.03. The average molecular weight is 162 g/mol. The second-order valence-electron chi connectivity index (χ2n) is 1.92. The standard InChI is InChI=1S/C8H6N2O2/c1-3-7(11)6-4-8(12-2)10-5-9-6/h1,4-5H,2H3. The fourth-order valence-corrected chi connectivity index (χ4v) is 0.649. The second-order valence-corrected chi connectivity index (χ2v) is 1.92. The molecule has 1 aromatic heterocycles. The molecule has 4 nitrogen and oxygen atoms in total. The van der Waals surface area contributed by atoms with E-state index in [1.165, 1.54) is 19.5 Å². The number of Topliss-reactive ketones (excluding diaryl/α,β-unsaturated/α-hetero) is 1. The van der Waals surface area contributed by atoms with E-state index in [1.54, 1.807) is 0 Å². The van der Waals surface area contributed by atoms with Crippen LogP contribution in [0.1, 0.15) is 10.5 Å². The van der Waals surface area contributed by atoms with Crippen LogP contribution in [0.3, 0.4) is 0 Å². The molecule has 60 valence electrons. The number of aromatic nitrogens is 2. The van der Waals surface area contributed by atoms with E-state index in [-0.39, 0.29) is 5.69 Å². The predicted octanol–water partition coefficient (Wildman–Crippen LogP) is 0.301. The fourth-order valence-electron chi connectivity index (χ4n) is 0.649. The molecule has 0 aliphatic heterocycles. The summed E-state index contributed by atoms with van der Waals surface area (Å²) in [6.07, 6.45) is 6.12. The molecule has 1 rings (SSSR count). The summed E-state index contributed by atoms with van der Waals surface area (Å²) in [7, 11) is 1.45. The summed E-state index contributed by atoms with van der Waals surface area (Å²) in [5, 5.41) is 0. The van der Waals surface area contributed by atoms with Crippen LogP contribution >= 0.6 is 0 Å². The lowest BCUT2D eigenvalue weighted by molar-refractivity contribution is 0.105. The Kier molecular flexibility index (Phi) is 2.38. The number of rotatable bonds is 2. The van der Waals surface area contributed by atoms with Gasteiger partial charge < -0.3 is 4.74 Å². The molecule has 0 radical (unpaired) electrons. The van der Waals surface area contributed by atoms with E-state index in [0.717, 1.165) is 0 Å². The van der Waals surface area contributed by atoms with E-state index >= 15 is 0 Å². The lowest BCUT2D eigenvalue weighted by Gasteiger charge is -1.97. The maximum Gasteiger partial charge on any atom is 0.254 e. The normalized spacial score (nSPS) is 8.67. The van der Waals surface area contributed by atoms with Gasteiger partial charge in [0.2, 0.25) is 5.88 Å². The zero-order chi connectivity index (χ0) is 8.97. The molecule has 1 aromatic rings. The first kappa shape index (κ1) is 8.21. The number of ketones is 1. The van der Waals surface area contributed by atoms with Crippen molar-refractivity contribution >= 4 is 5.78 Å². The third-order valence-corrected chi connectivity index (χ3v) is 1.21. The third-order valence-electron chi connectivity index (χ3n) is 1.21. The van der Waals surface area contributed by atoms with Crippen molar-refractivity contribution in [3.05, 3.63) is 18.1 Å². The van der Waals surface area contributed by atoms with Crippen LogP contribution in [-0.4, -0.2) is 22.9 Å². The Morgan fingerprint density at radius 2 is 2.42 bits per heavy atom. The van der Waals surface area contributed by atoms with Crippen LogP contribution in [0.15, 0.2) is 12.4 Å². The highest BCUT2D eigenvalue weighted by Crippen LogP contribution is 2.05. The van der Waals surface area contributed by atoms with Crippen molar-refractivity contribution < 1.29 is 9.53 Å². The van der Waals surface area contributed by atoms with Gasteiger partial charge in [-0.2, -0.15) is 0 Å². The SMILES string of the molecule is C#CC(=O)c1cc(OC)ncn1. The highest BCUT2D eigenvalue weighted by atomic mass is 16.5. The minimum absolute atomic E-state index is 0.171. The summed E-state index contributed by atoms with van der Waals surface area (Å²) in [5.41, 5.74) is 0.171. The monoisotopic (exact) mass is 162 g/mol. The molecule has 0 aliphatic carbocycles. The number of carbonyl (C=O) groups excluding carboxylic acids is 1. The molecule has 12 heavy (non-hydrogen) atoms. The second kappa shape index (κ2) is 3.49. The summed E-state index contributed by atoms with van der Waals surface area (Å²) in [5.74, 6) is 1.79. The zero-order valence-electron chi connectivity index (χ0n) is 6.44. The van der Waals surface area contributed by atoms with Crippen LogP contribution in [-0.2, 0) is 0 Å². The number of carbonyl (C=O) groups is 1. The molecule has 0 fully saturated rings. The van der Waals surface area contributed by atoms with E-state index < -0.39 is 5.78 Å². The van der Waals surface area contributed by atoms with Crippen molar-refractivity contribution in [2.24, 2.45) is 0 Å². The van der Waals surface area contributed by atoms with Crippen molar-refractivity contribution in [1.29, 1.82) is 0 Å². The molecule has 4 heteroatoms. The molecule has 0 atom stereocenters. The van der Waals surface area contributed by atoms with Crippen LogP contribution in [0.25, 0.3) is 0 Å². The topological polar surface area (TPSA) is 52.1 Å². The van der Waals surface area contributed by atoms with Gasteiger partial charge in [-0.1, -0.05) is 0 Å². The van der Waals surface area contributed by atoms with Gasteiger partial charge in [0, 0.05) is 6.07 Å². The van der Waals surface area contributed by atoms with Crippen LogP contribution < -0.4 is 4.74 Å². The molecule has 0 saturated carbocycles. The predicted molar refractivity (Wildman–Crippen MR) is 41.7 cm³/mol. The summed E-state index contributed by atoms with van der Waals surface area (Å²) in [6.45, 7) is 0. The van der Waals surface area contributed by atoms with Crippen molar-refractivity contribution in [2.45, 2.75) is 0 Å². The highest BCUT2D eigenvalue weighted by Gasteiger charge is 2.04. The molecule has 0 aliphatic rings. The summed E-state index contributed by atoms with van der Waals surface area (Å²) >= 11 is 0. The maximum absolute atomic E-state index is 10.9. The average Bonchev–Trinajstić information content (AvgIpc) is 2.17. The van der Waals surface area contributed by atoms with E-state index in [9.17, 15) is 4.79 Å². The first-order valence-corrected chi connectivity index (χ1v) is 3.15. The maximum atomic E-state index is 10.9. The van der Waals surface area contributed by atoms with Crippen molar-refractivity contribution in [3.63, 3.8) is 0 Å². The van der Waals surface area contributed by atoms with E-state index in [0.29, 0.717) is 5.88 Å². The van der Waals surface area contributed by atoms with Gasteiger partial charge in [-0.05, 0) is 5.92 Å². The first-order chi connectivity index (χ1) is 5.77. The Hall–Kier alpha value is -1.89. The third kappa shape index (κ3) is 1.58. The van der Waals surface area contributed by atoms with E-state index in [1.807, 2.05) is 5.92 Å². The lowest BCUT2D eigenvalue weighted by Crippen LogP contribution is -2.00. The van der Waals surface area contributed by atoms with Gasteiger partial charge in [0.05, 0.1) is 7.11 Å². The van der Waals surface area contributed by atoms with Gasteiger partial charge in [-0.15, -0.1) is 6.42 Å². The van der Waals surface area contributed by atoms with Gasteiger partial charge in [0.1, 0.15) is 12.0 Å². The van der Waals surface area contributed by atoms with Gasteiger partial charge >= 0.3 is 0 Å². The molecule has 1 heterocycles. The molecular weight excluding hydrogens is 156 g/mol. The molecular formula is C8H6N2O2. The molecule has 0 aromatic carbocycles. The Labute approximate surface area is 69.6 Å². The van der Waals surface area contributed by atoms with Crippen molar-refractivity contribution in [2.75, 3.05) is 7.11 Å². The van der Waals surface area contributed by atoms with E-state index in [2.05, 4.69) is 9.97 Å². The Bertz CT molecular complexity index is 341. The number of ether oxygens (including phenoxy) is 1. The molecule has 0 spiro atoms. The highest BCUT2D eigenvalue weighted by molar-refractivity contribution is 6.07. The van der Waals surface area contributed by atoms with Gasteiger partial charge in [0.15, 0.2) is 0 Å². The quantitative estimate of drug-likeness (QED) is 0.356. The molecule has 0 amide bonds. The van der Waals surface area contributed by atoms with E-state index in [4.69, 9.17) is 11.2 Å². The summed E-state index contributed by atoms with van der Waals surface area (Å²) in [4.78, 5) is 18.3. The fraction of sp³-hybridized carbons (Fsp3) is 0.125. The first-order valence-electron chi connectivity index (χ1n) is 3.15.